The minimum Gasteiger partial charge on any atom is -0.334 e. The topological polar surface area (TPSA) is 64.2 Å². The van der Waals surface area contributed by atoms with Crippen LogP contribution in [-0.4, -0.2) is 39.7 Å². The van der Waals surface area contributed by atoms with Crippen LogP contribution in [0.3, 0.4) is 0 Å². The van der Waals surface area contributed by atoms with Gasteiger partial charge in [0.25, 0.3) is 5.91 Å². The molecule has 5 nitrogen and oxygen atoms in total. The van der Waals surface area contributed by atoms with Gasteiger partial charge in [-0.3, -0.25) is 4.79 Å². The number of carbonyl (C=O) groups excluding carboxylic acids is 1. The molecule has 2 heterocycles. The fourth-order valence-electron chi connectivity index (χ4n) is 3.08. The first-order chi connectivity index (χ1) is 11.9. The number of alkyl halides is 3. The highest BCUT2D eigenvalue weighted by atomic mass is 19.4. The van der Waals surface area contributed by atoms with Gasteiger partial charge in [0, 0.05) is 30.9 Å². The zero-order chi connectivity index (χ0) is 18.0. The molecule has 2 N–H and O–H groups in total. The monoisotopic (exact) mass is 352 g/mol. The van der Waals surface area contributed by atoms with Crippen LogP contribution in [0.2, 0.25) is 0 Å². The number of halogens is 3. The molecule has 1 aromatic heterocycles. The van der Waals surface area contributed by atoms with Crippen molar-refractivity contribution in [3.8, 4) is 5.69 Å². The van der Waals surface area contributed by atoms with Crippen molar-refractivity contribution in [3.63, 3.8) is 0 Å². The number of rotatable bonds is 3. The van der Waals surface area contributed by atoms with Gasteiger partial charge in [0.15, 0.2) is 5.69 Å². The van der Waals surface area contributed by atoms with E-state index in [4.69, 9.17) is 5.73 Å². The number of nitrogens with zero attached hydrogens (tertiary/aromatic N) is 3. The van der Waals surface area contributed by atoms with Gasteiger partial charge in [-0.25, -0.2) is 4.68 Å². The van der Waals surface area contributed by atoms with E-state index in [2.05, 4.69) is 5.10 Å². The van der Waals surface area contributed by atoms with Gasteiger partial charge >= 0.3 is 6.18 Å². The molecule has 1 unspecified atom stereocenters. The van der Waals surface area contributed by atoms with Crippen molar-refractivity contribution in [2.24, 2.45) is 5.73 Å². The summed E-state index contributed by atoms with van der Waals surface area (Å²) in [5, 5.41) is 3.54. The van der Waals surface area contributed by atoms with Gasteiger partial charge in [0.05, 0.1) is 5.69 Å². The summed E-state index contributed by atoms with van der Waals surface area (Å²) in [6.45, 7) is 1.05. The van der Waals surface area contributed by atoms with E-state index in [1.54, 1.807) is 29.2 Å². The molecule has 0 saturated carbocycles. The predicted octanol–water partition coefficient (Wildman–Crippen LogP) is 2.84. The van der Waals surface area contributed by atoms with Gasteiger partial charge in [0.2, 0.25) is 0 Å². The largest absolute Gasteiger partial charge is 0.435 e. The molecule has 0 radical (unpaired) electrons. The zero-order valence-electron chi connectivity index (χ0n) is 13.5. The normalized spacial score (nSPS) is 18.4. The molecule has 1 aliphatic rings. The zero-order valence-corrected chi connectivity index (χ0v) is 13.5. The average molecular weight is 352 g/mol. The molecule has 2 aromatic rings. The average Bonchev–Trinajstić information content (AvgIpc) is 3.12. The van der Waals surface area contributed by atoms with Gasteiger partial charge < -0.3 is 10.6 Å². The number of amides is 1. The van der Waals surface area contributed by atoms with Crippen LogP contribution in [0.5, 0.6) is 0 Å². The first kappa shape index (κ1) is 17.5. The molecule has 1 amide bonds. The summed E-state index contributed by atoms with van der Waals surface area (Å²) in [7, 11) is 0. The number of nitrogens with two attached hydrogens (primary N) is 1. The number of aromatic nitrogens is 2. The molecule has 8 heteroatoms. The van der Waals surface area contributed by atoms with Crippen molar-refractivity contribution in [2.45, 2.75) is 31.5 Å². The van der Waals surface area contributed by atoms with Gasteiger partial charge in [0.1, 0.15) is 0 Å². The van der Waals surface area contributed by atoms with Crippen LogP contribution < -0.4 is 5.73 Å². The third-order valence-electron chi connectivity index (χ3n) is 4.40. The van der Waals surface area contributed by atoms with E-state index in [9.17, 15) is 18.0 Å². The Morgan fingerprint density at radius 3 is 2.76 bits per heavy atom. The van der Waals surface area contributed by atoms with Crippen LogP contribution >= 0.6 is 0 Å². The van der Waals surface area contributed by atoms with Gasteiger partial charge in [-0.1, -0.05) is 6.07 Å². The standard InChI is InChI=1S/C17H19F3N4O/c18-17(19,20)15-7-9-24(22-15)13-6-3-4-12(10-13)16(25)23-8-2-1-5-14(23)11-21/h3-4,6-7,9-10,14H,1-2,5,8,11,21H2. The van der Waals surface area contributed by atoms with E-state index in [1.165, 1.54) is 6.20 Å². The third-order valence-corrected chi connectivity index (χ3v) is 4.40. The Bertz CT molecular complexity index is 756. The molecule has 1 aromatic carbocycles. The molecule has 1 saturated heterocycles. The van der Waals surface area contributed by atoms with Crippen LogP contribution in [0.4, 0.5) is 13.2 Å². The van der Waals surface area contributed by atoms with Crippen molar-refractivity contribution in [3.05, 3.63) is 47.8 Å². The van der Waals surface area contributed by atoms with Crippen LogP contribution in [0.1, 0.15) is 35.3 Å². The maximum absolute atomic E-state index is 12.8. The Morgan fingerprint density at radius 2 is 2.08 bits per heavy atom. The first-order valence-corrected chi connectivity index (χ1v) is 8.14. The van der Waals surface area contributed by atoms with Crippen molar-refractivity contribution < 1.29 is 18.0 Å². The van der Waals surface area contributed by atoms with Gasteiger partial charge in [-0.05, 0) is 43.5 Å². The van der Waals surface area contributed by atoms with Crippen molar-refractivity contribution in [1.29, 1.82) is 0 Å². The summed E-state index contributed by atoms with van der Waals surface area (Å²) in [6.07, 6.45) is -0.428. The predicted molar refractivity (Wildman–Crippen MR) is 86.3 cm³/mol. The molecule has 0 aliphatic carbocycles. The summed E-state index contributed by atoms with van der Waals surface area (Å²) in [6, 6.07) is 7.37. The second-order valence-electron chi connectivity index (χ2n) is 6.08. The van der Waals surface area contributed by atoms with E-state index in [-0.39, 0.29) is 11.9 Å². The Labute approximate surface area is 143 Å². The molecule has 0 spiro atoms. The fourth-order valence-corrected chi connectivity index (χ4v) is 3.08. The summed E-state index contributed by atoms with van der Waals surface area (Å²) < 4.78 is 39.2. The Morgan fingerprint density at radius 1 is 1.28 bits per heavy atom. The van der Waals surface area contributed by atoms with Crippen molar-refractivity contribution in [2.75, 3.05) is 13.1 Å². The minimum absolute atomic E-state index is 0.00596. The summed E-state index contributed by atoms with van der Waals surface area (Å²) >= 11 is 0. The summed E-state index contributed by atoms with van der Waals surface area (Å²) in [5.74, 6) is -0.153. The second kappa shape index (κ2) is 6.87. The van der Waals surface area contributed by atoms with Crippen LogP contribution in [0, 0.1) is 0 Å². The number of hydrogen-bond donors (Lipinski definition) is 1. The fraction of sp³-hybridized carbons (Fsp3) is 0.412. The quantitative estimate of drug-likeness (QED) is 0.924. The molecule has 25 heavy (non-hydrogen) atoms. The first-order valence-electron chi connectivity index (χ1n) is 8.14. The molecular weight excluding hydrogens is 333 g/mol. The second-order valence-corrected chi connectivity index (χ2v) is 6.08. The van der Waals surface area contributed by atoms with E-state index < -0.39 is 11.9 Å². The molecule has 3 rings (SSSR count). The third kappa shape index (κ3) is 3.68. The number of likely N-dealkylation sites (tertiary alicyclic amines) is 1. The Hall–Kier alpha value is -2.35. The smallest absolute Gasteiger partial charge is 0.334 e. The minimum atomic E-state index is -4.50. The highest BCUT2D eigenvalue weighted by molar-refractivity contribution is 5.95. The SMILES string of the molecule is NCC1CCCCN1C(=O)c1cccc(-n2ccc(C(F)(F)F)n2)c1. The van der Waals surface area contributed by atoms with Crippen LogP contribution in [0.15, 0.2) is 36.5 Å². The van der Waals surface area contributed by atoms with E-state index in [0.29, 0.717) is 24.3 Å². The van der Waals surface area contributed by atoms with E-state index >= 15 is 0 Å². The lowest BCUT2D eigenvalue weighted by Crippen LogP contribution is -2.47. The lowest BCUT2D eigenvalue weighted by molar-refractivity contribution is -0.141. The van der Waals surface area contributed by atoms with Gasteiger partial charge in [-0.15, -0.1) is 0 Å². The molecule has 1 aliphatic heterocycles. The van der Waals surface area contributed by atoms with Gasteiger partial charge in [-0.2, -0.15) is 18.3 Å². The Kier molecular flexibility index (Phi) is 4.80. The molecule has 0 bridgehead atoms. The lowest BCUT2D eigenvalue weighted by atomic mass is 10.0. The number of benzene rings is 1. The summed E-state index contributed by atoms with van der Waals surface area (Å²) in [5.41, 5.74) is 5.61. The van der Waals surface area contributed by atoms with E-state index in [0.717, 1.165) is 30.0 Å². The molecule has 1 atom stereocenters. The number of carbonyl (C=O) groups is 1. The lowest BCUT2D eigenvalue weighted by Gasteiger charge is -2.35. The number of hydrogen-bond acceptors (Lipinski definition) is 3. The Balaban J connectivity index is 1.86. The molecule has 1 fully saturated rings. The summed E-state index contributed by atoms with van der Waals surface area (Å²) in [4.78, 5) is 14.5. The van der Waals surface area contributed by atoms with Crippen LogP contribution in [-0.2, 0) is 6.18 Å². The molecular formula is C17H19F3N4O. The van der Waals surface area contributed by atoms with Crippen molar-refractivity contribution in [1.82, 2.24) is 14.7 Å². The maximum Gasteiger partial charge on any atom is 0.435 e. The van der Waals surface area contributed by atoms with Crippen LogP contribution in [0.25, 0.3) is 5.69 Å². The highest BCUT2D eigenvalue weighted by Crippen LogP contribution is 2.28. The maximum atomic E-state index is 12.8. The van der Waals surface area contributed by atoms with E-state index in [1.807, 2.05) is 0 Å². The number of piperidine rings is 1. The highest BCUT2D eigenvalue weighted by Gasteiger charge is 2.33. The molecule has 134 valence electrons. The van der Waals surface area contributed by atoms with Crippen molar-refractivity contribution >= 4 is 5.91 Å².